The highest BCUT2D eigenvalue weighted by molar-refractivity contribution is 7.81. The van der Waals surface area contributed by atoms with E-state index in [4.69, 9.17) is 0 Å². The molecule has 1 N–H and O–H groups in total. The molecule has 2 rings (SSSR count). The molecule has 1 aromatic rings. The highest BCUT2D eigenvalue weighted by atomic mass is 32.3. The van der Waals surface area contributed by atoms with Crippen LogP contribution in [-0.4, -0.2) is 14.5 Å². The van der Waals surface area contributed by atoms with Crippen molar-refractivity contribution >= 4 is 16.2 Å². The van der Waals surface area contributed by atoms with Crippen molar-refractivity contribution in [2.45, 2.75) is 38.1 Å². The molecule has 1 aliphatic rings. The van der Waals surface area contributed by atoms with E-state index in [9.17, 15) is 12.3 Å². The molecule has 6 heteroatoms. The first-order valence-electron chi connectivity index (χ1n) is 6.04. The average Bonchev–Trinajstić information content (AvgIpc) is 2.31. The summed E-state index contributed by atoms with van der Waals surface area (Å²) < 4.78 is 37.9. The highest BCUT2D eigenvalue weighted by Crippen LogP contribution is 2.29. The van der Waals surface area contributed by atoms with Crippen molar-refractivity contribution in [3.05, 3.63) is 24.3 Å². The Kier molecular flexibility index (Phi) is 4.06. The van der Waals surface area contributed by atoms with Gasteiger partial charge in [0.05, 0.1) is 5.69 Å². The maximum absolute atomic E-state index is 12.6. The molecule has 0 amide bonds. The Bertz CT molecular complexity index is 498. The van der Waals surface area contributed by atoms with Gasteiger partial charge in [-0.25, -0.2) is 0 Å². The lowest BCUT2D eigenvalue weighted by molar-refractivity contribution is 0.437. The fourth-order valence-electron chi connectivity index (χ4n) is 2.23. The molecule has 0 radical (unpaired) electrons. The van der Waals surface area contributed by atoms with E-state index in [0.29, 0.717) is 11.7 Å². The molecule has 0 aliphatic heterocycles. The minimum Gasteiger partial charge on any atom is -0.379 e. The van der Waals surface area contributed by atoms with Gasteiger partial charge in [-0.15, -0.1) is 0 Å². The number of hydrogen-bond donors (Lipinski definition) is 1. The molecule has 0 saturated heterocycles. The highest BCUT2D eigenvalue weighted by Gasteiger charge is 2.17. The van der Waals surface area contributed by atoms with E-state index in [2.05, 4.69) is 9.50 Å². The molecular weight excluding hydrogens is 257 g/mol. The normalized spacial score (nSPS) is 17.4. The largest absolute Gasteiger partial charge is 0.488 e. The molecular formula is C12H16FNO3S. The third kappa shape index (κ3) is 3.87. The van der Waals surface area contributed by atoms with Crippen LogP contribution in [0.5, 0.6) is 5.75 Å². The van der Waals surface area contributed by atoms with Gasteiger partial charge >= 0.3 is 10.5 Å². The summed E-state index contributed by atoms with van der Waals surface area (Å²) in [5.74, 6) is 0.00516. The van der Waals surface area contributed by atoms with Gasteiger partial charge in [0.15, 0.2) is 5.75 Å². The summed E-state index contributed by atoms with van der Waals surface area (Å²) >= 11 is 0. The van der Waals surface area contributed by atoms with Gasteiger partial charge < -0.3 is 9.50 Å². The van der Waals surface area contributed by atoms with Crippen molar-refractivity contribution in [1.82, 2.24) is 0 Å². The van der Waals surface area contributed by atoms with E-state index in [0.717, 1.165) is 25.7 Å². The monoisotopic (exact) mass is 273 g/mol. The Balaban J connectivity index is 2.11. The maximum atomic E-state index is 12.6. The number of benzene rings is 1. The first-order valence-corrected chi connectivity index (χ1v) is 7.35. The van der Waals surface area contributed by atoms with Crippen molar-refractivity contribution in [1.29, 1.82) is 0 Å². The van der Waals surface area contributed by atoms with Gasteiger partial charge in [-0.1, -0.05) is 35.3 Å². The molecule has 18 heavy (non-hydrogen) atoms. The molecule has 1 saturated carbocycles. The van der Waals surface area contributed by atoms with Crippen LogP contribution in [0.1, 0.15) is 32.1 Å². The first-order chi connectivity index (χ1) is 8.54. The van der Waals surface area contributed by atoms with E-state index < -0.39 is 10.5 Å². The maximum Gasteiger partial charge on any atom is 0.488 e. The Morgan fingerprint density at radius 2 is 1.83 bits per heavy atom. The smallest absolute Gasteiger partial charge is 0.379 e. The minimum atomic E-state index is -4.98. The zero-order chi connectivity index (χ0) is 13.0. The van der Waals surface area contributed by atoms with Crippen molar-refractivity contribution in [2.24, 2.45) is 0 Å². The summed E-state index contributed by atoms with van der Waals surface area (Å²) in [5.41, 5.74) is 0.519. The summed E-state index contributed by atoms with van der Waals surface area (Å²) in [5, 5.41) is 3.22. The number of hydrogen-bond acceptors (Lipinski definition) is 4. The van der Waals surface area contributed by atoms with Crippen LogP contribution < -0.4 is 9.50 Å². The van der Waals surface area contributed by atoms with Crippen LogP contribution in [-0.2, 0) is 10.5 Å². The lowest BCUT2D eigenvalue weighted by Crippen LogP contribution is -2.22. The number of para-hydroxylation sites is 2. The van der Waals surface area contributed by atoms with Crippen LogP contribution >= 0.6 is 0 Å². The van der Waals surface area contributed by atoms with E-state index in [1.807, 2.05) is 0 Å². The van der Waals surface area contributed by atoms with Gasteiger partial charge in [-0.2, -0.15) is 8.42 Å². The lowest BCUT2D eigenvalue weighted by atomic mass is 9.95. The van der Waals surface area contributed by atoms with Crippen LogP contribution in [0, 0.1) is 0 Å². The Hall–Kier alpha value is -1.30. The Labute approximate surface area is 107 Å². The number of anilines is 1. The zero-order valence-electron chi connectivity index (χ0n) is 9.93. The minimum absolute atomic E-state index is 0.00516. The van der Waals surface area contributed by atoms with Gasteiger partial charge in [-0.05, 0) is 25.0 Å². The van der Waals surface area contributed by atoms with Crippen LogP contribution in [0.25, 0.3) is 0 Å². The molecule has 0 atom stereocenters. The molecule has 1 aromatic carbocycles. The topological polar surface area (TPSA) is 55.4 Å². The van der Waals surface area contributed by atoms with E-state index in [1.165, 1.54) is 12.5 Å². The predicted octanol–water partition coefficient (Wildman–Crippen LogP) is 3.02. The Morgan fingerprint density at radius 1 is 1.17 bits per heavy atom. The summed E-state index contributed by atoms with van der Waals surface area (Å²) in [7, 11) is -4.98. The van der Waals surface area contributed by atoms with Crippen LogP contribution in [0.2, 0.25) is 0 Å². The second-order valence-electron chi connectivity index (χ2n) is 4.45. The third-order valence-electron chi connectivity index (χ3n) is 3.04. The summed E-state index contributed by atoms with van der Waals surface area (Å²) in [6.45, 7) is 0. The quantitative estimate of drug-likeness (QED) is 0.857. The van der Waals surface area contributed by atoms with Crippen LogP contribution in [0.4, 0.5) is 9.57 Å². The molecule has 0 unspecified atom stereocenters. The second kappa shape index (κ2) is 5.56. The first kappa shape index (κ1) is 13.1. The van der Waals surface area contributed by atoms with Gasteiger partial charge in [-0.3, -0.25) is 0 Å². The van der Waals surface area contributed by atoms with Gasteiger partial charge in [0.2, 0.25) is 0 Å². The molecule has 0 bridgehead atoms. The van der Waals surface area contributed by atoms with E-state index in [1.54, 1.807) is 18.2 Å². The molecule has 1 fully saturated rings. The fourth-order valence-corrected chi connectivity index (χ4v) is 2.59. The molecule has 0 spiro atoms. The SMILES string of the molecule is O=S(=O)(F)Oc1ccccc1NC1CCCCC1. The van der Waals surface area contributed by atoms with Crippen LogP contribution in [0.3, 0.4) is 0 Å². The fraction of sp³-hybridized carbons (Fsp3) is 0.500. The van der Waals surface area contributed by atoms with Crippen LogP contribution in [0.15, 0.2) is 24.3 Å². The van der Waals surface area contributed by atoms with Gasteiger partial charge in [0, 0.05) is 6.04 Å². The molecule has 100 valence electrons. The molecule has 0 heterocycles. The Morgan fingerprint density at radius 3 is 2.50 bits per heavy atom. The average molecular weight is 273 g/mol. The third-order valence-corrected chi connectivity index (χ3v) is 3.42. The summed E-state index contributed by atoms with van der Waals surface area (Å²) in [6, 6.07) is 6.78. The number of nitrogens with one attached hydrogen (secondary N) is 1. The lowest BCUT2D eigenvalue weighted by Gasteiger charge is -2.24. The summed E-state index contributed by atoms with van der Waals surface area (Å²) in [6.07, 6.45) is 5.62. The summed E-state index contributed by atoms with van der Waals surface area (Å²) in [4.78, 5) is 0. The predicted molar refractivity (Wildman–Crippen MR) is 67.6 cm³/mol. The molecule has 1 aliphatic carbocycles. The standard InChI is InChI=1S/C12H16FNO3S/c13-18(15,16)17-12-9-5-4-8-11(12)14-10-6-2-1-3-7-10/h4-5,8-10,14H,1-3,6-7H2. The van der Waals surface area contributed by atoms with E-state index in [-0.39, 0.29) is 5.75 Å². The van der Waals surface area contributed by atoms with Crippen molar-refractivity contribution in [2.75, 3.05) is 5.32 Å². The van der Waals surface area contributed by atoms with E-state index >= 15 is 0 Å². The van der Waals surface area contributed by atoms with Crippen molar-refractivity contribution in [3.8, 4) is 5.75 Å². The molecule has 0 aromatic heterocycles. The van der Waals surface area contributed by atoms with Gasteiger partial charge in [0.25, 0.3) is 0 Å². The zero-order valence-corrected chi connectivity index (χ0v) is 10.7. The second-order valence-corrected chi connectivity index (χ2v) is 5.40. The number of rotatable bonds is 4. The van der Waals surface area contributed by atoms with Crippen molar-refractivity contribution < 1.29 is 16.5 Å². The molecule has 4 nitrogen and oxygen atoms in total. The number of halogens is 1. The van der Waals surface area contributed by atoms with Gasteiger partial charge in [0.1, 0.15) is 0 Å². The van der Waals surface area contributed by atoms with Crippen molar-refractivity contribution in [3.63, 3.8) is 0 Å².